The molecular formula is C66H135N5O4. The van der Waals surface area contributed by atoms with Crippen LogP contribution in [0.5, 0.6) is 0 Å². The first-order valence-corrected chi connectivity index (χ1v) is 33.5. The summed E-state index contributed by atoms with van der Waals surface area (Å²) in [4.78, 5) is 46.2. The number of ether oxygens (including phenoxy) is 1. The van der Waals surface area contributed by atoms with Crippen LogP contribution in [0.15, 0.2) is 0 Å². The van der Waals surface area contributed by atoms with Crippen molar-refractivity contribution in [3.8, 4) is 0 Å². The van der Waals surface area contributed by atoms with Gasteiger partial charge in [-0.05, 0) is 84.2 Å². The third kappa shape index (κ3) is 57.0. The van der Waals surface area contributed by atoms with Crippen molar-refractivity contribution >= 4 is 18.6 Å². The number of aldehydes is 1. The zero-order valence-electron chi connectivity index (χ0n) is 52.1. The van der Waals surface area contributed by atoms with Crippen molar-refractivity contribution in [1.29, 1.82) is 0 Å². The zero-order valence-corrected chi connectivity index (χ0v) is 52.1. The van der Waals surface area contributed by atoms with Gasteiger partial charge in [0.15, 0.2) is 0 Å². The maximum atomic E-state index is 13.3. The minimum atomic E-state index is 0.245. The van der Waals surface area contributed by atoms with Crippen LogP contribution in [0, 0.1) is 0 Å². The third-order valence-electron chi connectivity index (χ3n) is 15.7. The molecular weight excluding hydrogens is 927 g/mol. The van der Waals surface area contributed by atoms with Gasteiger partial charge in [-0.25, -0.2) is 0 Å². The number of nitrogens with zero attached hydrogens (tertiary/aromatic N) is 5. The molecule has 1 heterocycles. The van der Waals surface area contributed by atoms with E-state index in [4.69, 9.17) is 4.74 Å². The molecule has 0 unspecified atom stereocenters. The van der Waals surface area contributed by atoms with Gasteiger partial charge in [-0.3, -0.25) is 14.5 Å². The second-order valence-corrected chi connectivity index (χ2v) is 22.8. The number of rotatable bonds is 56. The first-order chi connectivity index (χ1) is 36.9. The van der Waals surface area contributed by atoms with Gasteiger partial charge in [0.05, 0.1) is 6.54 Å². The second-order valence-electron chi connectivity index (χ2n) is 22.8. The van der Waals surface area contributed by atoms with E-state index in [0.717, 1.165) is 51.8 Å². The summed E-state index contributed by atoms with van der Waals surface area (Å²) in [5.74, 6) is 0.245. The van der Waals surface area contributed by atoms with E-state index in [1.165, 1.54) is 290 Å². The number of methoxy groups -OCH3 is 1. The summed E-state index contributed by atoms with van der Waals surface area (Å²) in [5, 5.41) is 0. The second kappa shape index (κ2) is 65.0. The Morgan fingerprint density at radius 2 is 0.680 bits per heavy atom. The summed E-state index contributed by atoms with van der Waals surface area (Å²) in [6.45, 7) is 26.9. The minimum Gasteiger partial charge on any atom is -0.385 e. The molecule has 0 N–H and O–H groups in total. The molecule has 1 fully saturated rings. The van der Waals surface area contributed by atoms with E-state index in [1.54, 1.807) is 12.0 Å². The van der Waals surface area contributed by atoms with E-state index in [9.17, 15) is 14.4 Å². The van der Waals surface area contributed by atoms with Crippen molar-refractivity contribution in [2.45, 2.75) is 311 Å². The highest BCUT2D eigenvalue weighted by atomic mass is 16.5. The fourth-order valence-electron chi connectivity index (χ4n) is 10.3. The van der Waals surface area contributed by atoms with Gasteiger partial charge in [-0.1, -0.05) is 260 Å². The van der Waals surface area contributed by atoms with Gasteiger partial charge in [0, 0.05) is 59.4 Å². The van der Waals surface area contributed by atoms with E-state index in [0.29, 0.717) is 32.7 Å². The van der Waals surface area contributed by atoms with Crippen molar-refractivity contribution < 1.29 is 19.1 Å². The van der Waals surface area contributed by atoms with Crippen LogP contribution >= 0.6 is 0 Å². The molecule has 0 aliphatic carbocycles. The lowest BCUT2D eigenvalue weighted by Gasteiger charge is -2.34. The molecule has 9 heteroatoms. The molecule has 0 atom stereocenters. The fraction of sp³-hybridized carbons (Fsp3) is 0.955. The van der Waals surface area contributed by atoms with Crippen LogP contribution in [0.3, 0.4) is 0 Å². The first-order valence-electron chi connectivity index (χ1n) is 33.5. The Hall–Kier alpha value is -1.55. The van der Waals surface area contributed by atoms with Crippen molar-refractivity contribution in [2.24, 2.45) is 0 Å². The van der Waals surface area contributed by atoms with Crippen molar-refractivity contribution in [1.82, 2.24) is 24.5 Å². The summed E-state index contributed by atoms with van der Waals surface area (Å²) < 4.78 is 4.92. The molecule has 2 amide bonds. The summed E-state index contributed by atoms with van der Waals surface area (Å²) >= 11 is 0. The van der Waals surface area contributed by atoms with E-state index >= 15 is 0 Å². The maximum absolute atomic E-state index is 13.3. The quantitative estimate of drug-likeness (QED) is 0.0444. The summed E-state index contributed by atoms with van der Waals surface area (Å²) in [6.07, 6.45) is 58.1. The van der Waals surface area contributed by atoms with Crippen molar-refractivity contribution in [2.75, 3.05) is 98.8 Å². The van der Waals surface area contributed by atoms with Gasteiger partial charge >= 0.3 is 0 Å². The topological polar surface area (TPSA) is 76.6 Å². The van der Waals surface area contributed by atoms with Crippen LogP contribution in [-0.2, 0) is 19.1 Å². The number of carbonyl (C=O) groups excluding carboxylic acids is 3. The molecule has 1 aliphatic heterocycles. The molecule has 0 spiro atoms. The Morgan fingerprint density at radius 1 is 0.373 bits per heavy atom. The van der Waals surface area contributed by atoms with E-state index in [1.807, 2.05) is 4.90 Å². The van der Waals surface area contributed by atoms with Crippen LogP contribution in [-0.4, -0.2) is 142 Å². The Labute approximate surface area is 470 Å². The zero-order chi connectivity index (χ0) is 55.2. The highest BCUT2D eigenvalue weighted by Gasteiger charge is 2.22. The Morgan fingerprint density at radius 3 is 1.01 bits per heavy atom. The lowest BCUT2D eigenvalue weighted by Crippen LogP contribution is -2.51. The molecule has 0 radical (unpaired) electrons. The summed E-state index contributed by atoms with van der Waals surface area (Å²) in [6, 6.07) is 0. The number of carbonyl (C=O) groups is 3. The number of hydrogen-bond donors (Lipinski definition) is 0. The average molecular weight is 1060 g/mol. The molecule has 1 aliphatic rings. The number of amides is 2. The average Bonchev–Trinajstić information content (AvgIpc) is 3.43. The van der Waals surface area contributed by atoms with Gasteiger partial charge in [0.25, 0.3) is 0 Å². The van der Waals surface area contributed by atoms with Crippen molar-refractivity contribution in [3.05, 3.63) is 0 Å². The SMILES string of the molecule is CCCCCCCCCCCCCCN(CC)CCCCCC=O.CCCCCCCCCN(CCCCCCCCC)CCN(CCCCCCCCC)CC(=O)N1CCN(C=O)CC1.CCCCCCCOC. The monoisotopic (exact) mass is 1060 g/mol. The minimum absolute atomic E-state index is 0.245. The van der Waals surface area contributed by atoms with E-state index in [-0.39, 0.29) is 5.91 Å². The van der Waals surface area contributed by atoms with Crippen LogP contribution in [0.4, 0.5) is 0 Å². The van der Waals surface area contributed by atoms with Crippen LogP contribution in [0.1, 0.15) is 311 Å². The summed E-state index contributed by atoms with van der Waals surface area (Å²) in [7, 11) is 1.76. The summed E-state index contributed by atoms with van der Waals surface area (Å²) in [5.41, 5.74) is 0. The van der Waals surface area contributed by atoms with Crippen LogP contribution < -0.4 is 0 Å². The third-order valence-corrected chi connectivity index (χ3v) is 15.7. The standard InChI is InChI=1S/C36H72N4O2.C22H45NO.C8H18O/c1-4-7-10-13-16-19-22-25-37(26-23-20-17-14-11-8-5-2)28-29-38(27-24-21-18-15-12-9-6-3)34-36(42)40-32-30-39(35-41)31-33-40;1-3-5-6-7-8-9-10-11-12-13-14-17-20-23(4-2)21-18-15-16-19-22-24;1-3-4-5-6-7-8-9-2/h35H,4-34H2,1-3H3;22H,3-21H2,1-2H3;3-8H2,1-2H3. The highest BCUT2D eigenvalue weighted by molar-refractivity contribution is 5.78. The predicted octanol–water partition coefficient (Wildman–Crippen LogP) is 17.5. The molecule has 0 saturated carbocycles. The molecule has 0 bridgehead atoms. The van der Waals surface area contributed by atoms with Gasteiger partial charge in [-0.15, -0.1) is 0 Å². The molecule has 75 heavy (non-hydrogen) atoms. The van der Waals surface area contributed by atoms with Crippen molar-refractivity contribution in [3.63, 3.8) is 0 Å². The first kappa shape index (κ1) is 75.5. The number of hydrogen-bond acceptors (Lipinski definition) is 7. The molecule has 1 saturated heterocycles. The molecule has 0 aromatic heterocycles. The normalized spacial score (nSPS) is 12.6. The van der Waals surface area contributed by atoms with E-state index < -0.39 is 0 Å². The largest absolute Gasteiger partial charge is 0.385 e. The van der Waals surface area contributed by atoms with Gasteiger partial charge in [-0.2, -0.15) is 0 Å². The van der Waals surface area contributed by atoms with Crippen LogP contribution in [0.2, 0.25) is 0 Å². The maximum Gasteiger partial charge on any atom is 0.236 e. The van der Waals surface area contributed by atoms with Crippen LogP contribution in [0.25, 0.3) is 0 Å². The van der Waals surface area contributed by atoms with Gasteiger partial charge in [0.1, 0.15) is 6.29 Å². The fourth-order valence-corrected chi connectivity index (χ4v) is 10.3. The molecule has 0 aromatic carbocycles. The number of unbranched alkanes of at least 4 members (excludes halogenated alkanes) is 36. The Bertz CT molecular complexity index is 1080. The predicted molar refractivity (Wildman–Crippen MR) is 329 cm³/mol. The van der Waals surface area contributed by atoms with E-state index in [2.05, 4.69) is 56.2 Å². The number of piperazine rings is 1. The Kier molecular flexibility index (Phi) is 65.4. The smallest absolute Gasteiger partial charge is 0.236 e. The lowest BCUT2D eigenvalue weighted by atomic mass is 10.1. The molecule has 0 aromatic rings. The lowest BCUT2D eigenvalue weighted by molar-refractivity contribution is -0.136. The van der Waals surface area contributed by atoms with Gasteiger partial charge < -0.3 is 29.1 Å². The molecule has 448 valence electrons. The van der Waals surface area contributed by atoms with Gasteiger partial charge in [0.2, 0.25) is 12.3 Å². The molecule has 1 rings (SSSR count). The Balaban J connectivity index is 0. The highest BCUT2D eigenvalue weighted by Crippen LogP contribution is 2.15. The molecule has 9 nitrogen and oxygen atoms in total.